The predicted molar refractivity (Wildman–Crippen MR) is 61.8 cm³/mol. The monoisotopic (exact) mass is 316 g/mol. The smallest absolute Gasteiger partial charge is 0.169 e. The summed E-state index contributed by atoms with van der Waals surface area (Å²) in [4.78, 5) is 0. The van der Waals surface area contributed by atoms with Gasteiger partial charge in [-0.25, -0.2) is 0 Å². The van der Waals surface area contributed by atoms with Gasteiger partial charge < -0.3 is 10.3 Å². The second-order valence-electron chi connectivity index (χ2n) is 2.77. The van der Waals surface area contributed by atoms with Crippen molar-refractivity contribution < 1.29 is 4.52 Å². The summed E-state index contributed by atoms with van der Waals surface area (Å²) < 4.78 is 6.98. The van der Waals surface area contributed by atoms with Crippen LogP contribution >= 0.6 is 31.9 Å². The van der Waals surface area contributed by atoms with E-state index in [1.165, 1.54) is 0 Å². The zero-order valence-electron chi connectivity index (χ0n) is 7.00. The molecule has 0 radical (unpaired) electrons. The molecule has 1 heterocycles. The van der Waals surface area contributed by atoms with Crippen molar-refractivity contribution in [3.05, 3.63) is 33.2 Å². The largest absolute Gasteiger partial charge is 0.381 e. The number of hydrogen-bond donors (Lipinski definition) is 1. The Morgan fingerprint density at radius 1 is 1.07 bits per heavy atom. The molecule has 0 saturated carbocycles. The van der Waals surface area contributed by atoms with Crippen molar-refractivity contribution in [1.82, 2.24) is 5.16 Å². The van der Waals surface area contributed by atoms with E-state index in [0.29, 0.717) is 11.6 Å². The first-order valence-electron chi connectivity index (χ1n) is 3.84. The normalized spacial score (nSPS) is 10.4. The summed E-state index contributed by atoms with van der Waals surface area (Å²) in [6.45, 7) is 0. The Bertz CT molecular complexity index is 447. The Kier molecular flexibility index (Phi) is 2.60. The van der Waals surface area contributed by atoms with Gasteiger partial charge in [0.25, 0.3) is 0 Å². The number of rotatable bonds is 1. The van der Waals surface area contributed by atoms with E-state index in [2.05, 4.69) is 37.0 Å². The molecule has 14 heavy (non-hydrogen) atoms. The Morgan fingerprint density at radius 3 is 2.21 bits per heavy atom. The van der Waals surface area contributed by atoms with Crippen LogP contribution in [0.1, 0.15) is 0 Å². The molecule has 1 aromatic heterocycles. The summed E-state index contributed by atoms with van der Waals surface area (Å²) in [5, 5.41) is 3.62. The third-order valence-electron chi connectivity index (χ3n) is 1.68. The van der Waals surface area contributed by atoms with Crippen molar-refractivity contribution in [2.24, 2.45) is 0 Å². The molecule has 2 N–H and O–H groups in total. The summed E-state index contributed by atoms with van der Waals surface area (Å²) in [5.74, 6) is 1.04. The summed E-state index contributed by atoms with van der Waals surface area (Å²) >= 11 is 6.79. The fourth-order valence-corrected chi connectivity index (χ4v) is 2.41. The lowest BCUT2D eigenvalue weighted by Gasteiger charge is -1.98. The molecule has 0 bridgehead atoms. The lowest BCUT2D eigenvalue weighted by molar-refractivity contribution is 0.436. The topological polar surface area (TPSA) is 52.0 Å². The van der Waals surface area contributed by atoms with Crippen LogP contribution in [0.3, 0.4) is 0 Å². The van der Waals surface area contributed by atoms with E-state index in [9.17, 15) is 0 Å². The van der Waals surface area contributed by atoms with Gasteiger partial charge in [-0.1, -0.05) is 37.0 Å². The van der Waals surface area contributed by atoms with Gasteiger partial charge in [0.1, 0.15) is 0 Å². The van der Waals surface area contributed by atoms with Crippen molar-refractivity contribution in [3.8, 4) is 11.3 Å². The Hall–Kier alpha value is -0.810. The average molecular weight is 318 g/mol. The third kappa shape index (κ3) is 1.99. The Labute approximate surface area is 97.5 Å². The Morgan fingerprint density at radius 2 is 1.71 bits per heavy atom. The van der Waals surface area contributed by atoms with Crippen molar-refractivity contribution in [2.75, 3.05) is 5.73 Å². The molecule has 1 aromatic carbocycles. The van der Waals surface area contributed by atoms with E-state index in [1.807, 2.05) is 18.2 Å². The van der Waals surface area contributed by atoms with E-state index in [1.54, 1.807) is 6.07 Å². The highest BCUT2D eigenvalue weighted by Gasteiger charge is 2.06. The lowest BCUT2D eigenvalue weighted by atomic mass is 10.2. The number of nitrogen functional groups attached to an aromatic ring is 1. The minimum atomic E-state index is 0.385. The molecule has 0 aliphatic carbocycles. The van der Waals surface area contributed by atoms with Gasteiger partial charge in [-0.3, -0.25) is 0 Å². The van der Waals surface area contributed by atoms with Gasteiger partial charge in [0.2, 0.25) is 0 Å². The minimum absolute atomic E-state index is 0.385. The maximum absolute atomic E-state index is 5.46. The van der Waals surface area contributed by atoms with Gasteiger partial charge in [-0.05, 0) is 18.2 Å². The van der Waals surface area contributed by atoms with Gasteiger partial charge in [0, 0.05) is 20.6 Å². The SMILES string of the molecule is Nc1cc(-c2cc(Br)cc(Br)c2)on1. The second kappa shape index (κ2) is 3.74. The molecule has 2 rings (SSSR count). The summed E-state index contributed by atoms with van der Waals surface area (Å²) in [7, 11) is 0. The number of hydrogen-bond acceptors (Lipinski definition) is 3. The molecule has 0 amide bonds. The number of nitrogens with two attached hydrogens (primary N) is 1. The van der Waals surface area contributed by atoms with Crippen LogP contribution in [0.25, 0.3) is 11.3 Å². The second-order valence-corrected chi connectivity index (χ2v) is 4.61. The van der Waals surface area contributed by atoms with E-state index in [0.717, 1.165) is 14.5 Å². The van der Waals surface area contributed by atoms with Crippen molar-refractivity contribution in [2.45, 2.75) is 0 Å². The molecule has 0 atom stereocenters. The van der Waals surface area contributed by atoms with Gasteiger partial charge in [-0.2, -0.15) is 0 Å². The fourth-order valence-electron chi connectivity index (χ4n) is 1.12. The average Bonchev–Trinajstić information content (AvgIpc) is 2.50. The molecule has 0 aliphatic heterocycles. The summed E-state index contributed by atoms with van der Waals surface area (Å²) in [5.41, 5.74) is 6.39. The quantitative estimate of drug-likeness (QED) is 0.876. The number of halogens is 2. The maximum atomic E-state index is 5.46. The van der Waals surface area contributed by atoms with Crippen LogP contribution in [0, 0.1) is 0 Å². The van der Waals surface area contributed by atoms with Gasteiger partial charge in [0.05, 0.1) is 0 Å². The highest BCUT2D eigenvalue weighted by atomic mass is 79.9. The number of nitrogens with zero attached hydrogens (tertiary/aromatic N) is 1. The van der Waals surface area contributed by atoms with Gasteiger partial charge in [0.15, 0.2) is 11.6 Å². The molecule has 72 valence electrons. The molecule has 3 nitrogen and oxygen atoms in total. The molecular formula is C9H6Br2N2O. The standard InChI is InChI=1S/C9H6Br2N2O/c10-6-1-5(2-7(11)3-6)8-4-9(12)13-14-8/h1-4H,(H2,12,13). The lowest BCUT2D eigenvalue weighted by Crippen LogP contribution is -1.80. The number of aromatic nitrogens is 1. The van der Waals surface area contributed by atoms with Crippen LogP contribution < -0.4 is 5.73 Å². The van der Waals surface area contributed by atoms with Crippen LogP contribution in [0.5, 0.6) is 0 Å². The molecule has 0 unspecified atom stereocenters. The first-order valence-corrected chi connectivity index (χ1v) is 5.42. The summed E-state index contributed by atoms with van der Waals surface area (Å²) in [6.07, 6.45) is 0. The van der Waals surface area contributed by atoms with Crippen LogP contribution in [0.4, 0.5) is 5.82 Å². The van der Waals surface area contributed by atoms with Crippen molar-refractivity contribution in [1.29, 1.82) is 0 Å². The molecule has 0 aliphatic rings. The molecule has 0 fully saturated rings. The van der Waals surface area contributed by atoms with Crippen LogP contribution in [-0.4, -0.2) is 5.16 Å². The zero-order valence-corrected chi connectivity index (χ0v) is 10.2. The number of benzene rings is 1. The first-order chi connectivity index (χ1) is 6.65. The van der Waals surface area contributed by atoms with Gasteiger partial charge >= 0.3 is 0 Å². The Balaban J connectivity index is 2.51. The van der Waals surface area contributed by atoms with Crippen molar-refractivity contribution >= 4 is 37.7 Å². The van der Waals surface area contributed by atoms with E-state index in [-0.39, 0.29) is 0 Å². The fraction of sp³-hybridized carbons (Fsp3) is 0. The molecule has 0 spiro atoms. The van der Waals surface area contributed by atoms with E-state index >= 15 is 0 Å². The van der Waals surface area contributed by atoms with E-state index in [4.69, 9.17) is 10.3 Å². The van der Waals surface area contributed by atoms with Crippen LogP contribution in [0.15, 0.2) is 37.7 Å². The van der Waals surface area contributed by atoms with Crippen LogP contribution in [-0.2, 0) is 0 Å². The van der Waals surface area contributed by atoms with Crippen LogP contribution in [0.2, 0.25) is 0 Å². The van der Waals surface area contributed by atoms with Crippen molar-refractivity contribution in [3.63, 3.8) is 0 Å². The van der Waals surface area contributed by atoms with E-state index < -0.39 is 0 Å². The molecule has 2 aromatic rings. The first kappa shape index (κ1) is 9.73. The molecule has 5 heteroatoms. The zero-order chi connectivity index (χ0) is 10.1. The minimum Gasteiger partial charge on any atom is -0.381 e. The highest BCUT2D eigenvalue weighted by Crippen LogP contribution is 2.28. The third-order valence-corrected chi connectivity index (χ3v) is 2.59. The summed E-state index contributed by atoms with van der Waals surface area (Å²) in [6, 6.07) is 7.51. The molecule has 0 saturated heterocycles. The highest BCUT2D eigenvalue weighted by molar-refractivity contribution is 9.11. The maximum Gasteiger partial charge on any atom is 0.169 e. The van der Waals surface area contributed by atoms with Gasteiger partial charge in [-0.15, -0.1) is 0 Å². The number of anilines is 1. The predicted octanol–water partition coefficient (Wildman–Crippen LogP) is 3.45. The molecular weight excluding hydrogens is 312 g/mol.